The van der Waals surface area contributed by atoms with Gasteiger partial charge in [0.15, 0.2) is 6.10 Å². The highest BCUT2D eigenvalue weighted by Gasteiger charge is 2.19. The minimum Gasteiger partial charge on any atom is -0.462 e. The van der Waals surface area contributed by atoms with Crippen molar-refractivity contribution in [1.82, 2.24) is 0 Å². The summed E-state index contributed by atoms with van der Waals surface area (Å²) in [5.41, 5.74) is 0. The largest absolute Gasteiger partial charge is 0.462 e. The molecule has 0 bridgehead atoms. The molecule has 0 N–H and O–H groups in total. The lowest BCUT2D eigenvalue weighted by Crippen LogP contribution is -2.30. The molecule has 6 heteroatoms. The first-order valence-corrected chi connectivity index (χ1v) is 35.7. The SMILES string of the molecule is CC/C=C\C/C=C\C/C=C\C/C=C\C/C=C\CCCCCCCCCCCCCCCCCCCC(=O)OCC(COC(=O)CCCCCCCCCCCCCCC)OC(=O)CCCCCCCC/C=C\C/C=C\C/C=C\CCCCC. The number of hydrogen-bond acceptors (Lipinski definition) is 6. The number of ether oxygens (including phenoxy) is 3. The van der Waals surface area contributed by atoms with Crippen LogP contribution in [0, 0.1) is 0 Å². The summed E-state index contributed by atoms with van der Waals surface area (Å²) < 4.78 is 17.0. The minimum atomic E-state index is -0.783. The van der Waals surface area contributed by atoms with Crippen molar-refractivity contribution in [3.8, 4) is 0 Å². The van der Waals surface area contributed by atoms with Crippen LogP contribution >= 0.6 is 0 Å². The van der Waals surface area contributed by atoms with Crippen LogP contribution in [-0.4, -0.2) is 37.2 Å². The Morgan fingerprint density at radius 1 is 0.253 bits per heavy atom. The molecule has 1 atom stereocenters. The van der Waals surface area contributed by atoms with E-state index in [4.69, 9.17) is 14.2 Å². The van der Waals surface area contributed by atoms with E-state index in [1.807, 2.05) is 0 Å². The summed E-state index contributed by atoms with van der Waals surface area (Å²) in [5, 5.41) is 0. The van der Waals surface area contributed by atoms with Crippen molar-refractivity contribution < 1.29 is 28.6 Å². The Hall–Kier alpha value is -3.67. The predicted octanol–water partition coefficient (Wildman–Crippen LogP) is 24.8. The topological polar surface area (TPSA) is 78.9 Å². The van der Waals surface area contributed by atoms with E-state index in [9.17, 15) is 14.4 Å². The van der Waals surface area contributed by atoms with E-state index in [1.54, 1.807) is 0 Å². The zero-order valence-electron chi connectivity index (χ0n) is 54.9. The van der Waals surface area contributed by atoms with E-state index in [0.717, 1.165) is 116 Å². The molecule has 0 aromatic carbocycles. The van der Waals surface area contributed by atoms with Crippen LogP contribution < -0.4 is 0 Å². The Morgan fingerprint density at radius 3 is 0.759 bits per heavy atom. The molecule has 6 nitrogen and oxygen atoms in total. The smallest absolute Gasteiger partial charge is 0.306 e. The molecule has 0 saturated carbocycles. The molecule has 1 unspecified atom stereocenters. The minimum absolute atomic E-state index is 0.0775. The van der Waals surface area contributed by atoms with Gasteiger partial charge in [-0.15, -0.1) is 0 Å². The Balaban J connectivity index is 4.20. The van der Waals surface area contributed by atoms with Crippen LogP contribution in [-0.2, 0) is 28.6 Å². The molecule has 0 radical (unpaired) electrons. The van der Waals surface area contributed by atoms with Crippen LogP contribution in [0.15, 0.2) is 97.2 Å². The Kier molecular flexibility index (Phi) is 67.7. The molecular weight excluding hydrogens is 1020 g/mol. The molecule has 0 aromatic heterocycles. The predicted molar refractivity (Wildman–Crippen MR) is 362 cm³/mol. The zero-order valence-corrected chi connectivity index (χ0v) is 54.9. The van der Waals surface area contributed by atoms with Crippen LogP contribution in [0.2, 0.25) is 0 Å². The van der Waals surface area contributed by atoms with Crippen molar-refractivity contribution in [2.24, 2.45) is 0 Å². The number of rotatable bonds is 65. The third-order valence-electron chi connectivity index (χ3n) is 15.6. The van der Waals surface area contributed by atoms with Gasteiger partial charge in [0.25, 0.3) is 0 Å². The van der Waals surface area contributed by atoms with Crippen molar-refractivity contribution in [3.05, 3.63) is 97.2 Å². The lowest BCUT2D eigenvalue weighted by atomic mass is 10.0. The highest BCUT2D eigenvalue weighted by Crippen LogP contribution is 2.18. The highest BCUT2D eigenvalue weighted by molar-refractivity contribution is 5.71. The third-order valence-corrected chi connectivity index (χ3v) is 15.6. The van der Waals surface area contributed by atoms with Gasteiger partial charge in [-0.1, -0.05) is 330 Å². The molecule has 0 spiro atoms. The fraction of sp³-hybridized carbons (Fsp3) is 0.753. The van der Waals surface area contributed by atoms with Crippen LogP contribution in [0.25, 0.3) is 0 Å². The van der Waals surface area contributed by atoms with Gasteiger partial charge in [0.2, 0.25) is 0 Å². The highest BCUT2D eigenvalue weighted by atomic mass is 16.6. The molecular formula is C77H134O6. The van der Waals surface area contributed by atoms with E-state index in [1.165, 1.54) is 199 Å². The van der Waals surface area contributed by atoms with Crippen molar-refractivity contribution >= 4 is 17.9 Å². The maximum Gasteiger partial charge on any atom is 0.306 e. The standard InChI is InChI=1S/C77H134O6/c1-4-7-10-13-16-19-22-25-27-29-31-32-33-34-35-36-37-38-39-40-41-42-43-44-46-47-49-52-55-58-61-64-67-70-76(79)82-73-74(72-81-75(78)69-66-63-60-57-54-51-24-21-18-15-12-9-6-3)83-77(80)71-68-65-62-59-56-53-50-48-45-30-28-26-23-20-17-14-11-8-5-2/h7,10,16-17,19-20,25-28,31-32,34-35,45,48,74H,4-6,8-9,11-15,18,21-24,29-30,33,36-44,46-47,49-73H2,1-3H3/b10-7-,19-16-,20-17-,27-25-,28-26-,32-31-,35-34-,48-45-. The van der Waals surface area contributed by atoms with Crippen LogP contribution in [0.4, 0.5) is 0 Å². The van der Waals surface area contributed by atoms with Gasteiger partial charge < -0.3 is 14.2 Å². The molecule has 0 rings (SSSR count). The molecule has 0 aliphatic rings. The number of carbonyl (C=O) groups excluding carboxylic acids is 3. The number of unbranched alkanes of at least 4 members (excludes halogenated alkanes) is 38. The second kappa shape index (κ2) is 70.8. The summed E-state index contributed by atoms with van der Waals surface area (Å²) in [6, 6.07) is 0. The normalized spacial score (nSPS) is 12.7. The summed E-state index contributed by atoms with van der Waals surface area (Å²) in [7, 11) is 0. The van der Waals surface area contributed by atoms with Crippen molar-refractivity contribution in [2.45, 2.75) is 361 Å². The monoisotopic (exact) mass is 1160 g/mol. The van der Waals surface area contributed by atoms with Crippen molar-refractivity contribution in [3.63, 3.8) is 0 Å². The molecule has 0 aliphatic carbocycles. The maximum atomic E-state index is 12.9. The molecule has 0 fully saturated rings. The first kappa shape index (κ1) is 79.3. The molecule has 83 heavy (non-hydrogen) atoms. The quantitative estimate of drug-likeness (QED) is 0.0261. The molecule has 0 heterocycles. The van der Waals surface area contributed by atoms with E-state index in [-0.39, 0.29) is 31.1 Å². The number of allylic oxidation sites excluding steroid dienone is 16. The van der Waals surface area contributed by atoms with E-state index in [2.05, 4.69) is 118 Å². The van der Waals surface area contributed by atoms with Gasteiger partial charge in [0, 0.05) is 19.3 Å². The Morgan fingerprint density at radius 2 is 0.470 bits per heavy atom. The van der Waals surface area contributed by atoms with Gasteiger partial charge in [0.05, 0.1) is 0 Å². The fourth-order valence-corrected chi connectivity index (χ4v) is 10.2. The van der Waals surface area contributed by atoms with Gasteiger partial charge >= 0.3 is 17.9 Å². The lowest BCUT2D eigenvalue weighted by molar-refractivity contribution is -0.167. The van der Waals surface area contributed by atoms with Crippen molar-refractivity contribution in [2.75, 3.05) is 13.2 Å². The Labute approximate surface area is 515 Å². The summed E-state index contributed by atoms with van der Waals surface area (Å²) in [4.78, 5) is 38.4. The van der Waals surface area contributed by atoms with E-state index in [0.29, 0.717) is 19.3 Å². The fourth-order valence-electron chi connectivity index (χ4n) is 10.2. The van der Waals surface area contributed by atoms with E-state index < -0.39 is 6.10 Å². The van der Waals surface area contributed by atoms with E-state index >= 15 is 0 Å². The number of esters is 3. The summed E-state index contributed by atoms with van der Waals surface area (Å²) in [6.45, 7) is 6.53. The second-order valence-electron chi connectivity index (χ2n) is 23.8. The van der Waals surface area contributed by atoms with Gasteiger partial charge in [0.1, 0.15) is 13.2 Å². The first-order valence-electron chi connectivity index (χ1n) is 35.7. The summed E-state index contributed by atoms with van der Waals surface area (Å²) in [6.07, 6.45) is 95.8. The van der Waals surface area contributed by atoms with Gasteiger partial charge in [-0.2, -0.15) is 0 Å². The average molecular weight is 1160 g/mol. The van der Waals surface area contributed by atoms with Gasteiger partial charge in [-0.05, 0) is 103 Å². The second-order valence-corrected chi connectivity index (χ2v) is 23.8. The van der Waals surface area contributed by atoms with Crippen LogP contribution in [0.1, 0.15) is 355 Å². The first-order chi connectivity index (χ1) is 41.0. The van der Waals surface area contributed by atoms with Crippen LogP contribution in [0.3, 0.4) is 0 Å². The van der Waals surface area contributed by atoms with Gasteiger partial charge in [-0.3, -0.25) is 14.4 Å². The maximum absolute atomic E-state index is 12.9. The zero-order chi connectivity index (χ0) is 59.9. The number of hydrogen-bond donors (Lipinski definition) is 0. The average Bonchev–Trinajstić information content (AvgIpc) is 3.49. The molecule has 0 aromatic rings. The van der Waals surface area contributed by atoms with Crippen molar-refractivity contribution in [1.29, 1.82) is 0 Å². The summed E-state index contributed by atoms with van der Waals surface area (Å²) in [5.74, 6) is -0.872. The summed E-state index contributed by atoms with van der Waals surface area (Å²) >= 11 is 0. The third kappa shape index (κ3) is 69.0. The molecule has 0 aliphatic heterocycles. The Bertz CT molecular complexity index is 1610. The van der Waals surface area contributed by atoms with Gasteiger partial charge in [-0.25, -0.2) is 0 Å². The molecule has 0 amide bonds. The van der Waals surface area contributed by atoms with Crippen LogP contribution in [0.5, 0.6) is 0 Å². The lowest BCUT2D eigenvalue weighted by Gasteiger charge is -2.18. The molecule has 0 saturated heterocycles. The number of carbonyl (C=O) groups is 3. The molecule has 478 valence electrons.